The summed E-state index contributed by atoms with van der Waals surface area (Å²) in [6.07, 6.45) is 8.32. The molecule has 174 valence electrons. The highest BCUT2D eigenvalue weighted by Crippen LogP contribution is 2.35. The summed E-state index contributed by atoms with van der Waals surface area (Å²) < 4.78 is 3.01. The van der Waals surface area contributed by atoms with Crippen LogP contribution in [0.5, 0.6) is 0 Å². The Balaban J connectivity index is 1.26. The Hall–Kier alpha value is -2.18. The minimum atomic E-state index is -0.489. The van der Waals surface area contributed by atoms with Crippen LogP contribution < -0.4 is 5.32 Å². The summed E-state index contributed by atoms with van der Waals surface area (Å²) in [7, 11) is 1.90. The van der Waals surface area contributed by atoms with Crippen LogP contribution in [-0.4, -0.2) is 27.3 Å². The number of carbonyl (C=O) groups is 2. The Morgan fingerprint density at radius 1 is 1.30 bits per heavy atom. The number of nitrogens with one attached hydrogen (secondary N) is 1. The van der Waals surface area contributed by atoms with Gasteiger partial charge in [0.15, 0.2) is 5.78 Å². The SMILES string of the molecule is C[C@H](NC(=O)[C@@H]1CC[C@@H](Cc2ccccc2Br)C1)C(=O)CCc1cnc2c(c1)c(Cl)cn2C. The van der Waals surface area contributed by atoms with E-state index in [1.807, 2.05) is 29.9 Å². The van der Waals surface area contributed by atoms with Crippen LogP contribution >= 0.6 is 27.5 Å². The number of Topliss-reactive ketones (excluding diaryl/α,β-unsaturated/α-hetero) is 1. The number of rotatable bonds is 8. The van der Waals surface area contributed by atoms with Crippen LogP contribution in [0.2, 0.25) is 5.02 Å². The van der Waals surface area contributed by atoms with Crippen molar-refractivity contribution in [3.8, 4) is 0 Å². The monoisotopic (exact) mass is 529 g/mol. The lowest BCUT2D eigenvalue weighted by atomic mass is 9.96. The first kappa shape index (κ1) is 24.0. The number of hydrogen-bond donors (Lipinski definition) is 1. The minimum Gasteiger partial charge on any atom is -0.346 e. The van der Waals surface area contributed by atoms with Gasteiger partial charge in [-0.05, 0) is 68.2 Å². The van der Waals surface area contributed by atoms with Crippen LogP contribution in [0.3, 0.4) is 0 Å². The maximum Gasteiger partial charge on any atom is 0.223 e. The maximum atomic E-state index is 12.8. The Morgan fingerprint density at radius 2 is 2.09 bits per heavy atom. The molecule has 33 heavy (non-hydrogen) atoms. The van der Waals surface area contributed by atoms with Gasteiger partial charge in [0.2, 0.25) is 5.91 Å². The van der Waals surface area contributed by atoms with Crippen LogP contribution in [0.1, 0.15) is 43.7 Å². The standard InChI is InChI=1S/C26H29BrClN3O2/c1-16(24(32)10-8-18-13-21-23(28)15-31(2)25(21)29-14-18)30-26(33)20-9-7-17(12-20)11-19-5-3-4-6-22(19)27/h3-6,13-17,20H,7-12H2,1-2H3,(H,30,33)/t16-,17-,20+/m0/s1. The van der Waals surface area contributed by atoms with E-state index in [2.05, 4.69) is 44.4 Å². The topological polar surface area (TPSA) is 64.0 Å². The molecule has 0 unspecified atom stereocenters. The van der Waals surface area contributed by atoms with Crippen LogP contribution in [0.4, 0.5) is 0 Å². The maximum absolute atomic E-state index is 12.8. The van der Waals surface area contributed by atoms with Gasteiger partial charge in [0.05, 0.1) is 11.1 Å². The molecule has 1 N–H and O–H groups in total. The zero-order valence-corrected chi connectivity index (χ0v) is 21.3. The van der Waals surface area contributed by atoms with Gasteiger partial charge < -0.3 is 9.88 Å². The fraction of sp³-hybridized carbons (Fsp3) is 0.423. The van der Waals surface area contributed by atoms with E-state index in [0.29, 0.717) is 23.8 Å². The molecule has 0 saturated heterocycles. The van der Waals surface area contributed by atoms with Gasteiger partial charge in [0.1, 0.15) is 5.65 Å². The highest BCUT2D eigenvalue weighted by atomic mass is 79.9. The van der Waals surface area contributed by atoms with Gasteiger partial charge in [-0.2, -0.15) is 0 Å². The highest BCUT2D eigenvalue weighted by molar-refractivity contribution is 9.10. The molecule has 0 aliphatic heterocycles. The average molecular weight is 531 g/mol. The molecule has 1 aliphatic rings. The third-order valence-electron chi connectivity index (χ3n) is 6.70. The fourth-order valence-corrected chi connectivity index (χ4v) is 5.50. The molecule has 1 saturated carbocycles. The summed E-state index contributed by atoms with van der Waals surface area (Å²) in [6.45, 7) is 1.78. The number of carbonyl (C=O) groups excluding carboxylic acids is 2. The second-order valence-corrected chi connectivity index (χ2v) is 10.4. The van der Waals surface area contributed by atoms with E-state index in [-0.39, 0.29) is 17.6 Å². The second kappa shape index (κ2) is 10.4. The number of aryl methyl sites for hydroxylation is 2. The van der Waals surface area contributed by atoms with Gasteiger partial charge in [0.25, 0.3) is 0 Å². The Labute approximate surface area is 208 Å². The van der Waals surface area contributed by atoms with Crippen molar-refractivity contribution >= 4 is 50.3 Å². The molecule has 7 heteroatoms. The van der Waals surface area contributed by atoms with E-state index in [1.54, 1.807) is 13.1 Å². The zero-order chi connectivity index (χ0) is 23.5. The molecule has 0 bridgehead atoms. The molecule has 0 radical (unpaired) electrons. The first-order chi connectivity index (χ1) is 15.8. The van der Waals surface area contributed by atoms with Gasteiger partial charge in [-0.3, -0.25) is 9.59 Å². The summed E-state index contributed by atoms with van der Waals surface area (Å²) in [5.74, 6) is 0.521. The molecular weight excluding hydrogens is 502 g/mol. The molecule has 1 fully saturated rings. The summed E-state index contributed by atoms with van der Waals surface area (Å²) in [4.78, 5) is 29.9. The third-order valence-corrected chi connectivity index (χ3v) is 7.78. The van der Waals surface area contributed by atoms with E-state index in [0.717, 1.165) is 46.8 Å². The molecule has 5 nitrogen and oxygen atoms in total. The second-order valence-electron chi connectivity index (χ2n) is 9.17. The Bertz CT molecular complexity index is 1180. The predicted molar refractivity (Wildman–Crippen MR) is 135 cm³/mol. The Kier molecular flexibility index (Phi) is 7.55. The van der Waals surface area contributed by atoms with Crippen molar-refractivity contribution in [1.82, 2.24) is 14.9 Å². The number of amides is 1. The molecule has 4 rings (SSSR count). The van der Waals surface area contributed by atoms with Crippen LogP contribution in [0, 0.1) is 11.8 Å². The predicted octanol–water partition coefficient (Wildman–Crippen LogP) is 5.65. The number of fused-ring (bicyclic) bond motifs is 1. The van der Waals surface area contributed by atoms with Crippen molar-refractivity contribution in [2.24, 2.45) is 18.9 Å². The van der Waals surface area contributed by atoms with E-state index in [9.17, 15) is 9.59 Å². The Morgan fingerprint density at radius 3 is 2.88 bits per heavy atom. The van der Waals surface area contributed by atoms with Crippen LogP contribution in [0.15, 0.2) is 47.2 Å². The van der Waals surface area contributed by atoms with Crippen molar-refractivity contribution in [3.05, 3.63) is 63.3 Å². The molecule has 1 amide bonds. The zero-order valence-electron chi connectivity index (χ0n) is 19.0. The summed E-state index contributed by atoms with van der Waals surface area (Å²) >= 11 is 9.88. The minimum absolute atomic E-state index is 0.00429. The number of ketones is 1. The third kappa shape index (κ3) is 5.67. The van der Waals surface area contributed by atoms with Crippen molar-refractivity contribution in [3.63, 3.8) is 0 Å². The smallest absolute Gasteiger partial charge is 0.223 e. The lowest BCUT2D eigenvalue weighted by molar-refractivity contribution is -0.129. The lowest BCUT2D eigenvalue weighted by Gasteiger charge is -2.17. The highest BCUT2D eigenvalue weighted by Gasteiger charge is 2.31. The van der Waals surface area contributed by atoms with E-state index < -0.39 is 6.04 Å². The van der Waals surface area contributed by atoms with E-state index >= 15 is 0 Å². The van der Waals surface area contributed by atoms with Crippen molar-refractivity contribution < 1.29 is 9.59 Å². The summed E-state index contributed by atoms with van der Waals surface area (Å²) in [5, 5.41) is 4.51. The van der Waals surface area contributed by atoms with Crippen molar-refractivity contribution in [2.75, 3.05) is 0 Å². The largest absolute Gasteiger partial charge is 0.346 e. The fourth-order valence-electron chi connectivity index (χ4n) is 4.76. The van der Waals surface area contributed by atoms with Gasteiger partial charge in [-0.15, -0.1) is 0 Å². The molecule has 2 aromatic heterocycles. The molecular formula is C26H29BrClN3O2. The molecule has 1 aromatic carbocycles. The first-order valence-corrected chi connectivity index (χ1v) is 12.6. The molecule has 3 atom stereocenters. The van der Waals surface area contributed by atoms with Crippen molar-refractivity contribution in [2.45, 2.75) is 51.5 Å². The number of aromatic nitrogens is 2. The van der Waals surface area contributed by atoms with Gasteiger partial charge in [-0.1, -0.05) is 45.7 Å². The first-order valence-electron chi connectivity index (χ1n) is 11.5. The van der Waals surface area contributed by atoms with Crippen LogP contribution in [0.25, 0.3) is 11.0 Å². The van der Waals surface area contributed by atoms with Crippen LogP contribution in [-0.2, 0) is 29.5 Å². The number of halogens is 2. The normalized spacial score (nSPS) is 19.0. The quantitative estimate of drug-likeness (QED) is 0.409. The van der Waals surface area contributed by atoms with Gasteiger partial charge in [0, 0.05) is 41.6 Å². The van der Waals surface area contributed by atoms with Crippen molar-refractivity contribution in [1.29, 1.82) is 0 Å². The summed E-state index contributed by atoms with van der Waals surface area (Å²) in [6, 6.07) is 9.77. The number of pyridine rings is 1. The van der Waals surface area contributed by atoms with E-state index in [1.165, 1.54) is 5.56 Å². The number of nitrogens with zero attached hydrogens (tertiary/aromatic N) is 2. The lowest BCUT2D eigenvalue weighted by Crippen LogP contribution is -2.41. The molecule has 0 spiro atoms. The number of hydrogen-bond acceptors (Lipinski definition) is 3. The van der Waals surface area contributed by atoms with Gasteiger partial charge in [-0.25, -0.2) is 4.98 Å². The molecule has 1 aliphatic carbocycles. The molecule has 3 aromatic rings. The number of benzene rings is 1. The summed E-state index contributed by atoms with van der Waals surface area (Å²) in [5.41, 5.74) is 3.08. The van der Waals surface area contributed by atoms with Gasteiger partial charge >= 0.3 is 0 Å². The molecule has 2 heterocycles. The van der Waals surface area contributed by atoms with E-state index in [4.69, 9.17) is 11.6 Å². The average Bonchev–Trinajstić information content (AvgIpc) is 3.38.